The third-order valence-corrected chi connectivity index (χ3v) is 7.00. The SMILES string of the molecule is NC(=O)c1cc(C(=O)N2CCc3cc(N4CCCCCC4=O)ccc32)n(-c2cccc3onc(N)c23)n1. The second kappa shape index (κ2) is 8.77. The van der Waals surface area contributed by atoms with E-state index in [9.17, 15) is 14.4 Å². The maximum atomic E-state index is 13.9. The second-order valence-electron chi connectivity index (χ2n) is 9.28. The summed E-state index contributed by atoms with van der Waals surface area (Å²) < 4.78 is 6.62. The lowest BCUT2D eigenvalue weighted by molar-refractivity contribution is -0.118. The number of carbonyl (C=O) groups excluding carboxylic acids is 3. The Kier molecular flexibility index (Phi) is 5.40. The van der Waals surface area contributed by atoms with Crippen LogP contribution >= 0.6 is 0 Å². The number of fused-ring (bicyclic) bond motifs is 2. The molecule has 11 heteroatoms. The first-order chi connectivity index (χ1) is 17.9. The largest absolute Gasteiger partial charge is 0.380 e. The van der Waals surface area contributed by atoms with Crippen molar-refractivity contribution in [1.82, 2.24) is 14.9 Å². The normalized spacial score (nSPS) is 15.7. The third-order valence-electron chi connectivity index (χ3n) is 7.00. The number of hydrogen-bond donors (Lipinski definition) is 2. The summed E-state index contributed by atoms with van der Waals surface area (Å²) in [6, 6.07) is 12.3. The summed E-state index contributed by atoms with van der Waals surface area (Å²) in [5.41, 5.74) is 15.1. The van der Waals surface area contributed by atoms with Crippen LogP contribution in [0.25, 0.3) is 16.7 Å². The molecule has 0 atom stereocenters. The van der Waals surface area contributed by atoms with Gasteiger partial charge in [-0.1, -0.05) is 17.6 Å². The molecule has 4 N–H and O–H groups in total. The molecule has 6 rings (SSSR count). The van der Waals surface area contributed by atoms with Crippen molar-refractivity contribution in [2.75, 3.05) is 28.6 Å². The van der Waals surface area contributed by atoms with E-state index in [1.165, 1.54) is 10.7 Å². The van der Waals surface area contributed by atoms with Gasteiger partial charge in [0.2, 0.25) is 5.91 Å². The van der Waals surface area contributed by atoms with Crippen molar-refractivity contribution in [2.24, 2.45) is 5.73 Å². The molecular weight excluding hydrogens is 474 g/mol. The Hall–Kier alpha value is -4.67. The van der Waals surface area contributed by atoms with Gasteiger partial charge in [-0.05, 0) is 55.2 Å². The lowest BCUT2D eigenvalue weighted by Crippen LogP contribution is -2.31. The van der Waals surface area contributed by atoms with Gasteiger partial charge in [0.15, 0.2) is 17.1 Å². The molecule has 2 aromatic carbocycles. The standard InChI is InChI=1S/C26H25N7O4/c27-24-23-19(5-4-6-21(23)37-30-24)33-20(14-17(29-33)25(28)35)26(36)32-12-10-15-13-16(8-9-18(15)32)31-11-3-1-2-7-22(31)34/h4-6,8-9,13-14H,1-3,7,10-12H2,(H2,27,30)(H2,28,35). The fourth-order valence-corrected chi connectivity index (χ4v) is 5.17. The van der Waals surface area contributed by atoms with Crippen LogP contribution in [0, 0.1) is 0 Å². The Bertz CT molecular complexity index is 1570. The van der Waals surface area contributed by atoms with Crippen LogP contribution in [0.15, 0.2) is 47.0 Å². The first-order valence-electron chi connectivity index (χ1n) is 12.2. The van der Waals surface area contributed by atoms with Crippen LogP contribution in [-0.2, 0) is 11.2 Å². The van der Waals surface area contributed by atoms with Gasteiger partial charge < -0.3 is 25.8 Å². The molecule has 2 aromatic heterocycles. The number of carbonyl (C=O) groups is 3. The number of primary amides is 1. The number of anilines is 3. The summed E-state index contributed by atoms with van der Waals surface area (Å²) in [4.78, 5) is 41.9. The minimum atomic E-state index is -0.758. The van der Waals surface area contributed by atoms with Gasteiger partial charge in [-0.25, -0.2) is 4.68 Å². The molecule has 2 aliphatic heterocycles. The molecule has 11 nitrogen and oxygen atoms in total. The smallest absolute Gasteiger partial charge is 0.277 e. The van der Waals surface area contributed by atoms with Crippen molar-refractivity contribution in [3.63, 3.8) is 0 Å². The highest BCUT2D eigenvalue weighted by Gasteiger charge is 2.31. The minimum absolute atomic E-state index is 0.0511. The molecular formula is C26H25N7O4. The summed E-state index contributed by atoms with van der Waals surface area (Å²) in [6.07, 6.45) is 4.13. The lowest BCUT2D eigenvalue weighted by atomic mass is 10.1. The average Bonchev–Trinajstić information content (AvgIpc) is 3.58. The van der Waals surface area contributed by atoms with E-state index in [2.05, 4.69) is 10.3 Å². The van der Waals surface area contributed by atoms with Crippen molar-refractivity contribution in [1.29, 1.82) is 0 Å². The third kappa shape index (κ3) is 3.79. The zero-order chi connectivity index (χ0) is 25.7. The number of amides is 3. The highest BCUT2D eigenvalue weighted by molar-refractivity contribution is 6.09. The Balaban J connectivity index is 1.39. The Morgan fingerprint density at radius 1 is 0.973 bits per heavy atom. The van der Waals surface area contributed by atoms with Gasteiger partial charge in [0, 0.05) is 37.0 Å². The average molecular weight is 500 g/mol. The highest BCUT2D eigenvalue weighted by atomic mass is 16.5. The number of rotatable bonds is 4. The molecule has 0 bridgehead atoms. The van der Waals surface area contributed by atoms with Gasteiger partial charge in [-0.2, -0.15) is 5.10 Å². The second-order valence-corrected chi connectivity index (χ2v) is 9.28. The highest BCUT2D eigenvalue weighted by Crippen LogP contribution is 2.35. The van der Waals surface area contributed by atoms with Crippen LogP contribution in [0.1, 0.15) is 52.2 Å². The van der Waals surface area contributed by atoms with Gasteiger partial charge in [0.25, 0.3) is 11.8 Å². The summed E-state index contributed by atoms with van der Waals surface area (Å²) in [5, 5.41) is 8.60. The molecule has 1 saturated heterocycles. The Labute approximate surface area is 211 Å². The number of aromatic nitrogens is 3. The fourth-order valence-electron chi connectivity index (χ4n) is 5.17. The topological polar surface area (TPSA) is 154 Å². The molecule has 1 fully saturated rings. The number of benzene rings is 2. The van der Waals surface area contributed by atoms with Gasteiger partial charge in [0.05, 0.1) is 11.1 Å². The quantitative estimate of drug-likeness (QED) is 0.438. The molecule has 0 spiro atoms. The Morgan fingerprint density at radius 2 is 1.84 bits per heavy atom. The van der Waals surface area contributed by atoms with Crippen molar-refractivity contribution in [3.05, 3.63) is 59.4 Å². The molecule has 3 amide bonds. The van der Waals surface area contributed by atoms with E-state index >= 15 is 0 Å². The summed E-state index contributed by atoms with van der Waals surface area (Å²) in [6.45, 7) is 1.15. The molecule has 4 aromatic rings. The lowest BCUT2D eigenvalue weighted by Gasteiger charge is -2.22. The van der Waals surface area contributed by atoms with Crippen molar-refractivity contribution in [2.45, 2.75) is 32.1 Å². The van der Waals surface area contributed by atoms with E-state index in [0.29, 0.717) is 42.6 Å². The number of hydrogen-bond acceptors (Lipinski definition) is 7. The molecule has 0 unspecified atom stereocenters. The first-order valence-corrected chi connectivity index (χ1v) is 12.2. The number of nitrogens with two attached hydrogens (primary N) is 2. The molecule has 2 aliphatic rings. The van der Waals surface area contributed by atoms with Crippen molar-refractivity contribution in [3.8, 4) is 5.69 Å². The first kappa shape index (κ1) is 22.8. The molecule has 188 valence electrons. The van der Waals surface area contributed by atoms with Crippen molar-refractivity contribution < 1.29 is 18.9 Å². The molecule has 37 heavy (non-hydrogen) atoms. The van der Waals surface area contributed by atoms with Gasteiger partial charge >= 0.3 is 0 Å². The Morgan fingerprint density at radius 3 is 2.68 bits per heavy atom. The van der Waals surface area contributed by atoms with E-state index in [4.69, 9.17) is 16.0 Å². The van der Waals surface area contributed by atoms with Crippen molar-refractivity contribution >= 4 is 45.9 Å². The zero-order valence-corrected chi connectivity index (χ0v) is 20.0. The van der Waals surface area contributed by atoms with Crippen LogP contribution < -0.4 is 21.3 Å². The van der Waals surface area contributed by atoms with Crippen LogP contribution in [0.5, 0.6) is 0 Å². The van der Waals surface area contributed by atoms with E-state index < -0.39 is 5.91 Å². The summed E-state index contributed by atoms with van der Waals surface area (Å²) >= 11 is 0. The zero-order valence-electron chi connectivity index (χ0n) is 20.0. The maximum Gasteiger partial charge on any atom is 0.277 e. The molecule has 0 radical (unpaired) electrons. The van der Waals surface area contributed by atoms with Crippen LogP contribution in [0.2, 0.25) is 0 Å². The predicted octanol–water partition coefficient (Wildman–Crippen LogP) is 2.80. The van der Waals surface area contributed by atoms with Crippen LogP contribution in [-0.4, -0.2) is 45.7 Å². The van der Waals surface area contributed by atoms with E-state index in [-0.39, 0.29) is 29.0 Å². The van der Waals surface area contributed by atoms with E-state index in [1.54, 1.807) is 23.1 Å². The van der Waals surface area contributed by atoms with Gasteiger partial charge in [-0.3, -0.25) is 14.4 Å². The summed E-state index contributed by atoms with van der Waals surface area (Å²) in [5.74, 6) is -0.827. The molecule has 0 saturated carbocycles. The summed E-state index contributed by atoms with van der Waals surface area (Å²) in [7, 11) is 0. The minimum Gasteiger partial charge on any atom is -0.380 e. The number of nitrogens with zero attached hydrogens (tertiary/aromatic N) is 5. The van der Waals surface area contributed by atoms with Gasteiger partial charge in [-0.15, -0.1) is 0 Å². The monoisotopic (exact) mass is 499 g/mol. The fraction of sp³-hybridized carbons (Fsp3) is 0.269. The van der Waals surface area contributed by atoms with Gasteiger partial charge in [0.1, 0.15) is 5.69 Å². The van der Waals surface area contributed by atoms with Crippen LogP contribution in [0.4, 0.5) is 17.2 Å². The predicted molar refractivity (Wildman–Crippen MR) is 137 cm³/mol. The maximum absolute atomic E-state index is 13.9. The van der Waals surface area contributed by atoms with E-state index in [1.807, 2.05) is 23.1 Å². The van der Waals surface area contributed by atoms with E-state index in [0.717, 1.165) is 36.2 Å². The molecule has 4 heterocycles. The number of nitrogen functional groups attached to an aromatic ring is 1. The molecule has 0 aliphatic carbocycles. The van der Waals surface area contributed by atoms with Crippen LogP contribution in [0.3, 0.4) is 0 Å².